The van der Waals surface area contributed by atoms with Gasteiger partial charge in [0.15, 0.2) is 5.76 Å². The van der Waals surface area contributed by atoms with Gasteiger partial charge in [-0.3, -0.25) is 4.79 Å². The van der Waals surface area contributed by atoms with Gasteiger partial charge in [-0.25, -0.2) is 0 Å². The Morgan fingerprint density at radius 3 is 2.68 bits per heavy atom. The third-order valence-electron chi connectivity index (χ3n) is 6.75. The maximum Gasteiger partial charge on any atom is 0.287 e. The Morgan fingerprint density at radius 2 is 2.05 bits per heavy atom. The van der Waals surface area contributed by atoms with Crippen LogP contribution in [0.2, 0.25) is 0 Å². The fraction of sp³-hybridized carbons (Fsp3) is 0.526. The monoisotopic (exact) mass is 297 g/mol. The molecule has 0 saturated heterocycles. The first-order valence-corrected chi connectivity index (χ1v) is 8.21. The number of para-hydroxylation sites is 1. The molecule has 3 nitrogen and oxygen atoms in total. The topological polar surface area (TPSA) is 42.2 Å². The van der Waals surface area contributed by atoms with Gasteiger partial charge in [-0.15, -0.1) is 0 Å². The van der Waals surface area contributed by atoms with E-state index in [9.17, 15) is 4.79 Å². The molecule has 2 aliphatic carbocycles. The van der Waals surface area contributed by atoms with Crippen LogP contribution < -0.4 is 5.32 Å². The molecule has 0 radical (unpaired) electrons. The minimum absolute atomic E-state index is 0.0780. The number of fused-ring (bicyclic) bond motifs is 3. The van der Waals surface area contributed by atoms with Gasteiger partial charge in [-0.05, 0) is 48.1 Å². The van der Waals surface area contributed by atoms with Crippen molar-refractivity contribution in [3.05, 3.63) is 36.1 Å². The molecule has 116 valence electrons. The average molecular weight is 297 g/mol. The molecule has 1 amide bonds. The van der Waals surface area contributed by atoms with Gasteiger partial charge in [0.05, 0.1) is 0 Å². The SMILES string of the molecule is CC1(C)C2CCC1(C)C(NC(=O)c1cc3ccccc3o1)C2. The Hall–Kier alpha value is -1.77. The molecule has 2 saturated carbocycles. The first-order chi connectivity index (χ1) is 10.4. The molecule has 1 aromatic carbocycles. The molecular formula is C19H23NO2. The molecule has 0 aliphatic heterocycles. The summed E-state index contributed by atoms with van der Waals surface area (Å²) in [7, 11) is 0. The van der Waals surface area contributed by atoms with Crippen molar-refractivity contribution in [2.45, 2.75) is 46.1 Å². The van der Waals surface area contributed by atoms with Crippen molar-refractivity contribution < 1.29 is 9.21 Å². The van der Waals surface area contributed by atoms with Crippen molar-refractivity contribution >= 4 is 16.9 Å². The third kappa shape index (κ3) is 1.71. The molecule has 1 aromatic heterocycles. The van der Waals surface area contributed by atoms with Gasteiger partial charge in [-0.1, -0.05) is 39.0 Å². The molecule has 0 spiro atoms. The standard InChI is InChI=1S/C19H23NO2/c1-18(2)13-8-9-19(18,3)16(11-13)20-17(21)15-10-12-6-4-5-7-14(12)22-15/h4-7,10,13,16H,8-9,11H2,1-3H3,(H,20,21). The Labute approximate surface area is 131 Å². The Morgan fingerprint density at radius 1 is 1.27 bits per heavy atom. The van der Waals surface area contributed by atoms with Crippen LogP contribution in [0.5, 0.6) is 0 Å². The highest BCUT2D eigenvalue weighted by molar-refractivity contribution is 5.96. The number of amides is 1. The van der Waals surface area contributed by atoms with Crippen molar-refractivity contribution in [1.82, 2.24) is 5.32 Å². The summed E-state index contributed by atoms with van der Waals surface area (Å²) in [6.45, 7) is 7.06. The van der Waals surface area contributed by atoms with E-state index < -0.39 is 0 Å². The predicted molar refractivity (Wildman–Crippen MR) is 86.7 cm³/mol. The minimum atomic E-state index is -0.0780. The van der Waals surface area contributed by atoms with Gasteiger partial charge in [-0.2, -0.15) is 0 Å². The van der Waals surface area contributed by atoms with Crippen molar-refractivity contribution in [1.29, 1.82) is 0 Å². The zero-order valence-electron chi connectivity index (χ0n) is 13.5. The van der Waals surface area contributed by atoms with Crippen LogP contribution in [0.15, 0.2) is 34.7 Å². The maximum atomic E-state index is 12.6. The van der Waals surface area contributed by atoms with Crippen LogP contribution in [0.25, 0.3) is 11.0 Å². The van der Waals surface area contributed by atoms with Crippen LogP contribution in [-0.2, 0) is 0 Å². The molecular weight excluding hydrogens is 274 g/mol. The average Bonchev–Trinajstić information content (AvgIpc) is 3.06. The highest BCUT2D eigenvalue weighted by Crippen LogP contribution is 2.65. The molecule has 3 heteroatoms. The number of rotatable bonds is 2. The zero-order chi connectivity index (χ0) is 15.5. The fourth-order valence-electron chi connectivity index (χ4n) is 4.75. The van der Waals surface area contributed by atoms with E-state index in [1.807, 2.05) is 30.3 Å². The van der Waals surface area contributed by atoms with E-state index in [0.717, 1.165) is 23.3 Å². The smallest absolute Gasteiger partial charge is 0.287 e. The minimum Gasteiger partial charge on any atom is -0.451 e. The zero-order valence-corrected chi connectivity index (χ0v) is 13.5. The summed E-state index contributed by atoms with van der Waals surface area (Å²) in [5, 5.41) is 4.23. The summed E-state index contributed by atoms with van der Waals surface area (Å²) in [5.41, 5.74) is 1.27. The van der Waals surface area contributed by atoms with Crippen LogP contribution in [-0.4, -0.2) is 11.9 Å². The first kappa shape index (κ1) is 13.9. The molecule has 4 rings (SSSR count). The second-order valence-electron chi connectivity index (χ2n) is 7.78. The van der Waals surface area contributed by atoms with Crippen LogP contribution >= 0.6 is 0 Å². The van der Waals surface area contributed by atoms with Crippen LogP contribution in [0.1, 0.15) is 50.6 Å². The first-order valence-electron chi connectivity index (χ1n) is 8.21. The quantitative estimate of drug-likeness (QED) is 0.894. The molecule has 2 aliphatic rings. The molecule has 1 heterocycles. The van der Waals surface area contributed by atoms with E-state index in [1.54, 1.807) is 0 Å². The van der Waals surface area contributed by atoms with Gasteiger partial charge < -0.3 is 9.73 Å². The van der Waals surface area contributed by atoms with Crippen molar-refractivity contribution in [3.8, 4) is 0 Å². The lowest BCUT2D eigenvalue weighted by atomic mass is 9.69. The van der Waals surface area contributed by atoms with E-state index in [0.29, 0.717) is 11.2 Å². The molecule has 2 aromatic rings. The molecule has 3 unspecified atom stereocenters. The van der Waals surface area contributed by atoms with E-state index in [4.69, 9.17) is 4.42 Å². The second kappa shape index (κ2) is 4.37. The molecule has 3 atom stereocenters. The molecule has 2 fully saturated rings. The summed E-state index contributed by atoms with van der Waals surface area (Å²) in [6.07, 6.45) is 3.59. The number of furan rings is 1. The second-order valence-corrected chi connectivity index (χ2v) is 7.78. The number of nitrogens with one attached hydrogen (secondary N) is 1. The summed E-state index contributed by atoms with van der Waals surface area (Å²) >= 11 is 0. The highest BCUT2D eigenvalue weighted by Gasteiger charge is 2.61. The van der Waals surface area contributed by atoms with Crippen molar-refractivity contribution in [2.24, 2.45) is 16.7 Å². The Balaban J connectivity index is 1.58. The maximum absolute atomic E-state index is 12.6. The van der Waals surface area contributed by atoms with E-state index in [2.05, 4.69) is 26.1 Å². The fourth-order valence-corrected chi connectivity index (χ4v) is 4.75. The highest BCUT2D eigenvalue weighted by atomic mass is 16.3. The molecule has 22 heavy (non-hydrogen) atoms. The lowest BCUT2D eigenvalue weighted by molar-refractivity contribution is 0.0803. The summed E-state index contributed by atoms with van der Waals surface area (Å²) in [5.74, 6) is 1.06. The van der Waals surface area contributed by atoms with Gasteiger partial charge in [0.1, 0.15) is 5.58 Å². The number of carbonyl (C=O) groups is 1. The van der Waals surface area contributed by atoms with E-state index in [-0.39, 0.29) is 17.4 Å². The van der Waals surface area contributed by atoms with Gasteiger partial charge in [0.25, 0.3) is 5.91 Å². The van der Waals surface area contributed by atoms with Gasteiger partial charge >= 0.3 is 0 Å². The van der Waals surface area contributed by atoms with Gasteiger partial charge in [0.2, 0.25) is 0 Å². The van der Waals surface area contributed by atoms with Crippen LogP contribution in [0.3, 0.4) is 0 Å². The number of carbonyl (C=O) groups excluding carboxylic acids is 1. The normalized spacial score (nSPS) is 32.5. The van der Waals surface area contributed by atoms with Crippen LogP contribution in [0, 0.1) is 16.7 Å². The number of hydrogen-bond donors (Lipinski definition) is 1. The lowest BCUT2D eigenvalue weighted by Crippen LogP contribution is -2.46. The predicted octanol–water partition coefficient (Wildman–Crippen LogP) is 4.38. The summed E-state index contributed by atoms with van der Waals surface area (Å²) in [6, 6.07) is 9.84. The number of hydrogen-bond acceptors (Lipinski definition) is 2. The summed E-state index contributed by atoms with van der Waals surface area (Å²) in [4.78, 5) is 12.6. The largest absolute Gasteiger partial charge is 0.451 e. The van der Waals surface area contributed by atoms with E-state index >= 15 is 0 Å². The Kier molecular flexibility index (Phi) is 2.76. The lowest BCUT2D eigenvalue weighted by Gasteiger charge is -2.39. The number of benzene rings is 1. The summed E-state index contributed by atoms with van der Waals surface area (Å²) < 4.78 is 5.69. The third-order valence-corrected chi connectivity index (χ3v) is 6.75. The molecule has 2 bridgehead atoms. The van der Waals surface area contributed by atoms with Crippen molar-refractivity contribution in [3.63, 3.8) is 0 Å². The van der Waals surface area contributed by atoms with Crippen molar-refractivity contribution in [2.75, 3.05) is 0 Å². The van der Waals surface area contributed by atoms with Crippen LogP contribution in [0.4, 0.5) is 0 Å². The van der Waals surface area contributed by atoms with Gasteiger partial charge in [0, 0.05) is 11.4 Å². The molecule has 1 N–H and O–H groups in total. The van der Waals surface area contributed by atoms with E-state index in [1.165, 1.54) is 12.8 Å². The Bertz CT molecular complexity index is 712.